The first kappa shape index (κ1) is 81.0. The molecule has 0 atom stereocenters. The van der Waals surface area contributed by atoms with Crippen molar-refractivity contribution in [1.29, 1.82) is 0 Å². The van der Waals surface area contributed by atoms with Gasteiger partial charge in [-0.1, -0.05) is 442 Å². The molecular formula is C133H100N2. The summed E-state index contributed by atoms with van der Waals surface area (Å²) in [5.41, 5.74) is 52.0. The van der Waals surface area contributed by atoms with E-state index in [0.29, 0.717) is 0 Å². The van der Waals surface area contributed by atoms with Gasteiger partial charge in [0.05, 0.1) is 22.2 Å². The minimum Gasteiger partial charge on any atom is -0.310 e. The fourth-order valence-corrected chi connectivity index (χ4v) is 24.6. The molecule has 0 amide bonds. The van der Waals surface area contributed by atoms with E-state index >= 15 is 0 Å². The first-order valence-electron chi connectivity index (χ1n) is 47.9. The summed E-state index contributed by atoms with van der Waals surface area (Å²) < 4.78 is 0. The molecule has 0 saturated heterocycles. The number of benzene rings is 20. The maximum atomic E-state index is 2.55. The van der Waals surface area contributed by atoms with Crippen molar-refractivity contribution in [2.45, 2.75) is 81.5 Å². The Labute approximate surface area is 793 Å². The number of hydrogen-bond acceptors (Lipinski definition) is 2. The van der Waals surface area contributed by atoms with E-state index in [2.05, 4.69) is 525 Å². The zero-order valence-corrected chi connectivity index (χ0v) is 76.8. The molecule has 26 rings (SSSR count). The fourth-order valence-electron chi connectivity index (χ4n) is 24.6. The molecular weight excluding hydrogens is 1630 g/mol. The molecule has 0 aliphatic heterocycles. The van der Waals surface area contributed by atoms with E-state index in [4.69, 9.17) is 0 Å². The van der Waals surface area contributed by atoms with Crippen molar-refractivity contribution >= 4 is 34.1 Å². The maximum absolute atomic E-state index is 2.55. The third-order valence-corrected chi connectivity index (χ3v) is 31.0. The average molecular weight is 1730 g/mol. The highest BCUT2D eigenvalue weighted by atomic mass is 15.2. The number of anilines is 6. The van der Waals surface area contributed by atoms with Gasteiger partial charge in [-0.05, 0) is 275 Å². The van der Waals surface area contributed by atoms with Crippen LogP contribution >= 0.6 is 0 Å². The largest absolute Gasteiger partial charge is 0.310 e. The summed E-state index contributed by atoms with van der Waals surface area (Å²) in [6, 6.07) is 178. The van der Waals surface area contributed by atoms with Crippen LogP contribution in [0.3, 0.4) is 0 Å². The summed E-state index contributed by atoms with van der Waals surface area (Å²) in [7, 11) is 0. The molecule has 2 nitrogen and oxygen atoms in total. The van der Waals surface area contributed by atoms with Crippen LogP contribution in [0.15, 0.2) is 473 Å². The van der Waals surface area contributed by atoms with Crippen molar-refractivity contribution in [1.82, 2.24) is 0 Å². The van der Waals surface area contributed by atoms with Crippen molar-refractivity contribution in [2.24, 2.45) is 0 Å². The van der Waals surface area contributed by atoms with Crippen LogP contribution < -0.4 is 9.80 Å². The molecule has 2 heteroatoms. The van der Waals surface area contributed by atoms with Gasteiger partial charge in [0.1, 0.15) is 0 Å². The van der Waals surface area contributed by atoms with E-state index < -0.39 is 10.8 Å². The number of rotatable bonds is 12. The SMILES string of the molecule is CC1(C)c2ccccc2-c2ccc(N(c3ccc4c(c3)C3(c5ccccc5-4)c4ccccc4C(C)(C)c4ccccc43)c3ccc(-c4ccc(-c5ccccc5)cc4)cc3-c3ccccc3)cc21.CC1(C)c2ccccc2-c2ccc(N(c3ccc4c(c3)C3(c5ccccc5CCc5ccccc53)c3ccccc3-4)c3ccc(-c4ccc(-c5ccccc5)cc4)cc3-c3ccccc3)cc21. The molecule has 20 aromatic rings. The molecule has 2 spiro atoms. The molecule has 20 aromatic carbocycles. The fraction of sp³-hybridized carbons (Fsp3) is 0.0977. The molecule has 0 heterocycles. The summed E-state index contributed by atoms with van der Waals surface area (Å²) in [4.78, 5) is 5.10. The van der Waals surface area contributed by atoms with E-state index in [1.807, 2.05) is 0 Å². The molecule has 135 heavy (non-hydrogen) atoms. The number of nitrogens with zero attached hydrogens (tertiary/aromatic N) is 2. The van der Waals surface area contributed by atoms with Crippen molar-refractivity contribution in [3.63, 3.8) is 0 Å². The van der Waals surface area contributed by atoms with E-state index in [0.717, 1.165) is 47.0 Å². The first-order chi connectivity index (χ1) is 66.2. The third kappa shape index (κ3) is 12.6. The van der Waals surface area contributed by atoms with Crippen LogP contribution in [0, 0.1) is 0 Å². The van der Waals surface area contributed by atoms with Crippen molar-refractivity contribution in [2.75, 3.05) is 9.80 Å². The Balaban J connectivity index is 0.000000144. The topological polar surface area (TPSA) is 6.48 Å². The van der Waals surface area contributed by atoms with Crippen molar-refractivity contribution < 1.29 is 0 Å². The van der Waals surface area contributed by atoms with Gasteiger partial charge in [-0.25, -0.2) is 0 Å². The molecule has 0 radical (unpaired) electrons. The molecule has 6 aliphatic rings. The molecule has 6 aliphatic carbocycles. The summed E-state index contributed by atoms with van der Waals surface area (Å²) in [5.74, 6) is 0. The lowest BCUT2D eigenvalue weighted by Crippen LogP contribution is -2.40. The van der Waals surface area contributed by atoms with Gasteiger partial charge in [0, 0.05) is 50.1 Å². The van der Waals surface area contributed by atoms with Gasteiger partial charge < -0.3 is 9.80 Å². The van der Waals surface area contributed by atoms with Gasteiger partial charge >= 0.3 is 0 Å². The first-order valence-corrected chi connectivity index (χ1v) is 47.9. The highest BCUT2D eigenvalue weighted by molar-refractivity contribution is 5.99. The van der Waals surface area contributed by atoms with Gasteiger partial charge in [-0.15, -0.1) is 0 Å². The highest BCUT2D eigenvalue weighted by Gasteiger charge is 2.55. The maximum Gasteiger partial charge on any atom is 0.0720 e. The summed E-state index contributed by atoms with van der Waals surface area (Å²) >= 11 is 0. The predicted octanol–water partition coefficient (Wildman–Crippen LogP) is 34.4. The number of aryl methyl sites for hydroxylation is 2. The van der Waals surface area contributed by atoms with E-state index in [1.54, 1.807) is 0 Å². The van der Waals surface area contributed by atoms with Crippen LogP contribution in [0.5, 0.6) is 0 Å². The summed E-state index contributed by atoms with van der Waals surface area (Å²) in [5, 5.41) is 0. The van der Waals surface area contributed by atoms with Crippen molar-refractivity contribution in [3.05, 3.63) is 562 Å². The number of hydrogen-bond donors (Lipinski definition) is 0. The zero-order valence-electron chi connectivity index (χ0n) is 76.8. The van der Waals surface area contributed by atoms with Gasteiger partial charge in [0.2, 0.25) is 0 Å². The predicted molar refractivity (Wildman–Crippen MR) is 564 cm³/mol. The van der Waals surface area contributed by atoms with E-state index in [-0.39, 0.29) is 16.2 Å². The second-order valence-electron chi connectivity index (χ2n) is 39.1. The van der Waals surface area contributed by atoms with E-state index in [9.17, 15) is 0 Å². The van der Waals surface area contributed by atoms with Crippen LogP contribution in [0.1, 0.15) is 131 Å². The molecule has 0 saturated carbocycles. The molecule has 0 unspecified atom stereocenters. The van der Waals surface area contributed by atoms with E-state index in [1.165, 1.54) is 200 Å². The summed E-state index contributed by atoms with van der Waals surface area (Å²) in [6.07, 6.45) is 2.01. The molecule has 0 aromatic heterocycles. The van der Waals surface area contributed by atoms with Gasteiger partial charge in [-0.3, -0.25) is 0 Å². The Hall–Kier alpha value is -16.0. The molecule has 642 valence electrons. The Morgan fingerprint density at radius 1 is 0.148 bits per heavy atom. The second-order valence-corrected chi connectivity index (χ2v) is 39.1. The molecule has 0 N–H and O–H groups in total. The lowest BCUT2D eigenvalue weighted by Gasteiger charge is -2.46. The lowest BCUT2D eigenvalue weighted by atomic mass is 9.55. The van der Waals surface area contributed by atoms with Crippen molar-refractivity contribution in [3.8, 4) is 111 Å². The minimum atomic E-state index is -0.518. The Morgan fingerprint density at radius 3 is 0.733 bits per heavy atom. The second kappa shape index (κ2) is 31.6. The standard InChI is InChI=1S/C67H51N.C66H49N/c1-65(2)56-25-13-11-23-51(56)53-38-36-49(42-62(53)65)68(64-40-35-48(41-55(64)47-21-9-6-10-22-47)46-33-31-45(32-34-46)44-19-7-5-8-20-44)50-37-39-54-52-24-12-14-26-57(52)67(63(54)43-50)60-29-17-15-27-58(60)66(3,4)59-28-16-18-30-61(59)67;1-65(2)60-27-15-11-23-53(60)55-38-36-51(42-62(55)65)67(64-40-35-50(41-57(64)47-19-7-4-8-20-47)46-31-29-45(30-32-46)44-17-5-3-6-18-44)52-37-39-56-54-24-12-16-28-61(54)66(63(56)43-52)58-25-13-9-21-48(58)33-34-49-22-10-14-26-59(49)66/h5-43H,1-4H3;3-32,35-43H,33-34H2,1-2H3. The number of fused-ring (bicyclic) bond motifs is 24. The Morgan fingerprint density at radius 2 is 0.378 bits per heavy atom. The normalized spacial score (nSPS) is 14.5. The molecule has 0 bridgehead atoms. The smallest absolute Gasteiger partial charge is 0.0720 e. The monoisotopic (exact) mass is 1720 g/mol. The van der Waals surface area contributed by atoms with Crippen LogP contribution in [-0.4, -0.2) is 0 Å². The summed E-state index contributed by atoms with van der Waals surface area (Å²) in [6.45, 7) is 14.3. The van der Waals surface area contributed by atoms with Crippen LogP contribution in [-0.2, 0) is 39.9 Å². The third-order valence-electron chi connectivity index (χ3n) is 31.0. The Bertz CT molecular complexity index is 8010. The van der Waals surface area contributed by atoms with Gasteiger partial charge in [0.25, 0.3) is 0 Å². The lowest BCUT2D eigenvalue weighted by molar-refractivity contribution is 0.563. The average Bonchev–Trinajstić information content (AvgIpc) is 1.54. The zero-order chi connectivity index (χ0) is 90.5. The van der Waals surface area contributed by atoms with Gasteiger partial charge in [-0.2, -0.15) is 0 Å². The van der Waals surface area contributed by atoms with Crippen LogP contribution in [0.4, 0.5) is 34.1 Å². The Kier molecular flexibility index (Phi) is 19.0. The van der Waals surface area contributed by atoms with Crippen LogP contribution in [0.25, 0.3) is 111 Å². The van der Waals surface area contributed by atoms with Gasteiger partial charge in [0.15, 0.2) is 0 Å². The minimum absolute atomic E-state index is 0.164. The molecule has 0 fully saturated rings. The van der Waals surface area contributed by atoms with Crippen LogP contribution in [0.2, 0.25) is 0 Å². The highest BCUT2D eigenvalue weighted by Crippen LogP contribution is 2.65. The quantitative estimate of drug-likeness (QED) is 0.120.